The maximum absolute atomic E-state index is 6.07. The molecule has 0 bridgehead atoms. The van der Waals surface area contributed by atoms with Crippen LogP contribution in [0.3, 0.4) is 0 Å². The molecule has 0 fully saturated rings. The Morgan fingerprint density at radius 2 is 1.69 bits per heavy atom. The molecule has 0 atom stereocenters. The van der Waals surface area contributed by atoms with E-state index < -0.39 is 0 Å². The van der Waals surface area contributed by atoms with Crippen molar-refractivity contribution in [1.82, 2.24) is 10.3 Å². The minimum absolute atomic E-state index is 0. The summed E-state index contributed by atoms with van der Waals surface area (Å²) in [6.07, 6.45) is 3.65. The van der Waals surface area contributed by atoms with E-state index in [0.29, 0.717) is 13.2 Å². The van der Waals surface area contributed by atoms with E-state index in [1.54, 1.807) is 13.3 Å². The third-order valence-electron chi connectivity index (χ3n) is 3.87. The van der Waals surface area contributed by atoms with Crippen LogP contribution < -0.4 is 27.2 Å². The topological polar surface area (TPSA) is 43.4 Å². The van der Waals surface area contributed by atoms with Gasteiger partial charge in [0.2, 0.25) is 0 Å². The molecule has 26 heavy (non-hydrogen) atoms. The highest BCUT2D eigenvalue weighted by Crippen LogP contribution is 2.31. The van der Waals surface area contributed by atoms with Crippen molar-refractivity contribution >= 4 is 0 Å². The predicted octanol–water partition coefficient (Wildman–Crippen LogP) is 0.963. The molecule has 0 amide bonds. The average molecular weight is 370 g/mol. The van der Waals surface area contributed by atoms with Gasteiger partial charge in [0, 0.05) is 31.0 Å². The number of ether oxygens (including phenoxy) is 2. The first-order valence-corrected chi connectivity index (χ1v) is 8.29. The maximum Gasteiger partial charge on any atom is 0.166 e. The molecule has 0 aliphatic rings. The molecule has 2 aromatic carbocycles. The highest BCUT2D eigenvalue weighted by molar-refractivity contribution is 5.46. The molecular formula is C21H22ClN2O2-. The van der Waals surface area contributed by atoms with Crippen LogP contribution in [0.25, 0.3) is 0 Å². The molecule has 136 valence electrons. The second kappa shape index (κ2) is 10.4. The zero-order chi connectivity index (χ0) is 17.3. The summed E-state index contributed by atoms with van der Waals surface area (Å²) in [4.78, 5) is 4.13. The normalized spacial score (nSPS) is 10.0. The van der Waals surface area contributed by atoms with Crippen LogP contribution in [0.4, 0.5) is 0 Å². The molecule has 0 saturated carbocycles. The van der Waals surface area contributed by atoms with Crippen molar-refractivity contribution in [3.8, 4) is 11.5 Å². The van der Waals surface area contributed by atoms with Crippen molar-refractivity contribution in [2.45, 2.75) is 19.7 Å². The minimum atomic E-state index is 0. The number of halogens is 1. The SMILES string of the molecule is COc1cccc(CNCc2cccnc2)c1OCc1ccccc1.[Cl-]. The number of rotatable bonds is 8. The smallest absolute Gasteiger partial charge is 0.166 e. The van der Waals surface area contributed by atoms with Gasteiger partial charge in [0.05, 0.1) is 7.11 Å². The molecular weight excluding hydrogens is 348 g/mol. The fourth-order valence-corrected chi connectivity index (χ4v) is 2.60. The summed E-state index contributed by atoms with van der Waals surface area (Å²) in [5, 5.41) is 3.43. The second-order valence-electron chi connectivity index (χ2n) is 5.69. The molecule has 0 spiro atoms. The fourth-order valence-electron chi connectivity index (χ4n) is 2.60. The molecule has 3 aromatic rings. The lowest BCUT2D eigenvalue weighted by Gasteiger charge is -2.15. The number of para-hydroxylation sites is 1. The van der Waals surface area contributed by atoms with Crippen LogP contribution in [-0.4, -0.2) is 12.1 Å². The fraction of sp³-hybridized carbons (Fsp3) is 0.190. The Morgan fingerprint density at radius 3 is 2.42 bits per heavy atom. The van der Waals surface area contributed by atoms with Gasteiger partial charge in [0.25, 0.3) is 0 Å². The van der Waals surface area contributed by atoms with E-state index in [9.17, 15) is 0 Å². The van der Waals surface area contributed by atoms with E-state index in [0.717, 1.165) is 34.7 Å². The molecule has 1 heterocycles. The number of benzene rings is 2. The van der Waals surface area contributed by atoms with Crippen LogP contribution in [0.15, 0.2) is 73.1 Å². The Labute approximate surface area is 160 Å². The van der Waals surface area contributed by atoms with Gasteiger partial charge in [-0.1, -0.05) is 48.5 Å². The van der Waals surface area contributed by atoms with Crippen LogP contribution in [0.1, 0.15) is 16.7 Å². The number of aromatic nitrogens is 1. The first-order valence-electron chi connectivity index (χ1n) is 8.29. The minimum Gasteiger partial charge on any atom is -1.00 e. The van der Waals surface area contributed by atoms with Crippen LogP contribution in [0, 0.1) is 0 Å². The second-order valence-corrected chi connectivity index (χ2v) is 5.69. The molecule has 3 rings (SSSR count). The number of nitrogens with zero attached hydrogens (tertiary/aromatic N) is 1. The Balaban J connectivity index is 0.00000243. The van der Waals surface area contributed by atoms with E-state index in [2.05, 4.69) is 34.6 Å². The first kappa shape index (κ1) is 19.8. The van der Waals surface area contributed by atoms with E-state index in [4.69, 9.17) is 9.47 Å². The molecule has 1 aromatic heterocycles. The van der Waals surface area contributed by atoms with Crippen LogP contribution >= 0.6 is 0 Å². The lowest BCUT2D eigenvalue weighted by atomic mass is 10.1. The van der Waals surface area contributed by atoms with Gasteiger partial charge < -0.3 is 27.2 Å². The molecule has 0 saturated heterocycles. The highest BCUT2D eigenvalue weighted by Gasteiger charge is 2.10. The lowest BCUT2D eigenvalue weighted by molar-refractivity contribution is -0.00000565. The monoisotopic (exact) mass is 369 g/mol. The van der Waals surface area contributed by atoms with Crippen molar-refractivity contribution < 1.29 is 21.9 Å². The van der Waals surface area contributed by atoms with Crippen LogP contribution in [0.2, 0.25) is 0 Å². The number of nitrogens with one attached hydrogen (secondary N) is 1. The molecule has 0 aliphatic heterocycles. The van der Waals surface area contributed by atoms with Gasteiger partial charge in [0.15, 0.2) is 11.5 Å². The van der Waals surface area contributed by atoms with Crippen molar-refractivity contribution in [3.63, 3.8) is 0 Å². The van der Waals surface area contributed by atoms with E-state index in [-0.39, 0.29) is 12.4 Å². The molecule has 0 aliphatic carbocycles. The zero-order valence-corrected chi connectivity index (χ0v) is 15.4. The average Bonchev–Trinajstić information content (AvgIpc) is 2.68. The molecule has 0 radical (unpaired) electrons. The number of methoxy groups -OCH3 is 1. The first-order chi connectivity index (χ1) is 12.4. The number of hydrogen-bond acceptors (Lipinski definition) is 4. The Bertz CT molecular complexity index is 783. The third-order valence-corrected chi connectivity index (χ3v) is 3.87. The molecule has 5 heteroatoms. The summed E-state index contributed by atoms with van der Waals surface area (Å²) in [5.41, 5.74) is 3.35. The molecule has 1 N–H and O–H groups in total. The Morgan fingerprint density at radius 1 is 0.885 bits per heavy atom. The number of pyridine rings is 1. The number of hydrogen-bond donors (Lipinski definition) is 1. The van der Waals surface area contributed by atoms with E-state index in [1.165, 1.54) is 0 Å². The van der Waals surface area contributed by atoms with Crippen molar-refractivity contribution in [2.75, 3.05) is 7.11 Å². The predicted molar refractivity (Wildman–Crippen MR) is 98.5 cm³/mol. The van der Waals surface area contributed by atoms with Crippen LogP contribution in [-0.2, 0) is 19.7 Å². The Kier molecular flexibility index (Phi) is 7.93. The molecule has 0 unspecified atom stereocenters. The van der Waals surface area contributed by atoms with Crippen LogP contribution in [0.5, 0.6) is 11.5 Å². The van der Waals surface area contributed by atoms with Crippen molar-refractivity contribution in [1.29, 1.82) is 0 Å². The van der Waals surface area contributed by atoms with Gasteiger partial charge in [-0.25, -0.2) is 0 Å². The third kappa shape index (κ3) is 5.48. The quantitative estimate of drug-likeness (QED) is 0.642. The van der Waals surface area contributed by atoms with Crippen molar-refractivity contribution in [3.05, 3.63) is 89.7 Å². The zero-order valence-electron chi connectivity index (χ0n) is 14.7. The Hall–Kier alpha value is -2.56. The van der Waals surface area contributed by atoms with Gasteiger partial charge in [0.1, 0.15) is 6.61 Å². The van der Waals surface area contributed by atoms with E-state index in [1.807, 2.05) is 42.6 Å². The van der Waals surface area contributed by atoms with Gasteiger partial charge in [-0.05, 0) is 23.3 Å². The molecule has 4 nitrogen and oxygen atoms in total. The summed E-state index contributed by atoms with van der Waals surface area (Å²) in [6, 6.07) is 20.1. The maximum atomic E-state index is 6.07. The summed E-state index contributed by atoms with van der Waals surface area (Å²) < 4.78 is 11.5. The highest BCUT2D eigenvalue weighted by atomic mass is 35.5. The lowest BCUT2D eigenvalue weighted by Crippen LogP contribution is -3.00. The van der Waals surface area contributed by atoms with Gasteiger partial charge in [-0.15, -0.1) is 0 Å². The van der Waals surface area contributed by atoms with Gasteiger partial charge in [-0.2, -0.15) is 0 Å². The summed E-state index contributed by atoms with van der Waals surface area (Å²) in [7, 11) is 1.66. The summed E-state index contributed by atoms with van der Waals surface area (Å²) in [5.74, 6) is 1.53. The van der Waals surface area contributed by atoms with Gasteiger partial charge >= 0.3 is 0 Å². The standard InChI is InChI=1S/C21H22N2O2.ClH/c1-24-20-11-5-10-19(15-23-14-18-9-6-12-22-13-18)21(20)25-16-17-7-3-2-4-8-17;/h2-13,23H,14-16H2,1H3;1H/p-1. The summed E-state index contributed by atoms with van der Waals surface area (Å²) in [6.45, 7) is 1.95. The largest absolute Gasteiger partial charge is 1.00 e. The van der Waals surface area contributed by atoms with Crippen molar-refractivity contribution in [2.24, 2.45) is 0 Å². The van der Waals surface area contributed by atoms with E-state index >= 15 is 0 Å². The van der Waals surface area contributed by atoms with Gasteiger partial charge in [-0.3, -0.25) is 4.98 Å². The summed E-state index contributed by atoms with van der Waals surface area (Å²) >= 11 is 0.